The summed E-state index contributed by atoms with van der Waals surface area (Å²) in [7, 11) is 0. The van der Waals surface area contributed by atoms with Gasteiger partial charge in [0.15, 0.2) is 0 Å². The summed E-state index contributed by atoms with van der Waals surface area (Å²) >= 11 is 1.70. The average molecular weight is 295 g/mol. The lowest BCUT2D eigenvalue weighted by Gasteiger charge is -2.07. The molecule has 0 aliphatic rings. The van der Waals surface area contributed by atoms with Crippen LogP contribution in [0.25, 0.3) is 22.4 Å². The molecule has 0 saturated carbocycles. The van der Waals surface area contributed by atoms with Crippen LogP contribution in [0, 0.1) is 0 Å². The fourth-order valence-electron chi connectivity index (χ4n) is 2.08. The van der Waals surface area contributed by atoms with E-state index in [9.17, 15) is 0 Å². The highest BCUT2D eigenvalue weighted by atomic mass is 32.1. The minimum absolute atomic E-state index is 0.742. The van der Waals surface area contributed by atoms with Gasteiger partial charge in [0.2, 0.25) is 0 Å². The highest BCUT2D eigenvalue weighted by Gasteiger charge is 2.01. The van der Waals surface area contributed by atoms with E-state index < -0.39 is 0 Å². The van der Waals surface area contributed by atoms with Gasteiger partial charge in [-0.2, -0.15) is 0 Å². The van der Waals surface area contributed by atoms with Gasteiger partial charge in [0.1, 0.15) is 10.8 Å². The summed E-state index contributed by atoms with van der Waals surface area (Å²) in [6.45, 7) is 2.85. The summed E-state index contributed by atoms with van der Waals surface area (Å²) in [5.41, 5.74) is 2.14. The van der Waals surface area contributed by atoms with Crippen molar-refractivity contribution in [2.75, 3.05) is 6.61 Å². The van der Waals surface area contributed by atoms with Crippen molar-refractivity contribution < 1.29 is 4.74 Å². The maximum Gasteiger partial charge on any atom is 0.126 e. The third kappa shape index (κ3) is 3.31. The first-order valence-electron chi connectivity index (χ1n) is 7.12. The number of ether oxygens (including phenoxy) is 1. The highest BCUT2D eigenvalue weighted by Crippen LogP contribution is 2.25. The molecule has 0 aliphatic heterocycles. The molecule has 1 aromatic heterocycles. The Morgan fingerprint density at radius 3 is 2.71 bits per heavy atom. The number of benzene rings is 2. The summed E-state index contributed by atoms with van der Waals surface area (Å²) in [6, 6.07) is 16.3. The summed E-state index contributed by atoms with van der Waals surface area (Å²) in [4.78, 5) is 4.61. The first kappa shape index (κ1) is 13.8. The molecule has 3 heteroatoms. The van der Waals surface area contributed by atoms with Gasteiger partial charge in [-0.25, -0.2) is 4.98 Å². The third-order valence-electron chi connectivity index (χ3n) is 3.10. The molecule has 0 fully saturated rings. The van der Waals surface area contributed by atoms with Gasteiger partial charge in [0.25, 0.3) is 0 Å². The summed E-state index contributed by atoms with van der Waals surface area (Å²) < 4.78 is 6.98. The molecule has 3 aromatic rings. The number of aromatic nitrogens is 1. The zero-order valence-electron chi connectivity index (χ0n) is 12.0. The lowest BCUT2D eigenvalue weighted by atomic mass is 10.2. The van der Waals surface area contributed by atoms with E-state index in [1.165, 1.54) is 4.70 Å². The molecule has 0 bridgehead atoms. The predicted molar refractivity (Wildman–Crippen MR) is 90.8 cm³/mol. The molecule has 0 spiro atoms. The normalized spacial score (nSPS) is 11.3. The second-order valence-electron chi connectivity index (χ2n) is 4.74. The van der Waals surface area contributed by atoms with Gasteiger partial charge in [-0.3, -0.25) is 0 Å². The van der Waals surface area contributed by atoms with Crippen molar-refractivity contribution in [3.8, 4) is 5.75 Å². The van der Waals surface area contributed by atoms with Crippen molar-refractivity contribution in [3.05, 3.63) is 59.1 Å². The Morgan fingerprint density at radius 2 is 1.86 bits per heavy atom. The number of thiazole rings is 1. The van der Waals surface area contributed by atoms with Gasteiger partial charge < -0.3 is 4.74 Å². The van der Waals surface area contributed by atoms with Crippen LogP contribution in [-0.2, 0) is 0 Å². The molecule has 0 amide bonds. The molecule has 1 heterocycles. The topological polar surface area (TPSA) is 22.1 Å². The monoisotopic (exact) mass is 295 g/mol. The highest BCUT2D eigenvalue weighted by molar-refractivity contribution is 7.19. The molecule has 2 nitrogen and oxygen atoms in total. The first-order chi connectivity index (χ1) is 10.4. The van der Waals surface area contributed by atoms with Crippen molar-refractivity contribution in [3.63, 3.8) is 0 Å². The van der Waals surface area contributed by atoms with Gasteiger partial charge in [0, 0.05) is 5.56 Å². The molecule has 0 saturated heterocycles. The number of nitrogens with zero attached hydrogens (tertiary/aromatic N) is 1. The van der Waals surface area contributed by atoms with Crippen molar-refractivity contribution >= 4 is 33.7 Å². The van der Waals surface area contributed by atoms with E-state index >= 15 is 0 Å². The van der Waals surface area contributed by atoms with Crippen molar-refractivity contribution in [1.29, 1.82) is 0 Å². The Kier molecular flexibility index (Phi) is 4.31. The summed E-state index contributed by atoms with van der Waals surface area (Å²) in [6.07, 6.45) is 5.14. The van der Waals surface area contributed by atoms with Crippen molar-refractivity contribution in [2.45, 2.75) is 13.3 Å². The van der Waals surface area contributed by atoms with Crippen LogP contribution < -0.4 is 4.74 Å². The Labute approximate surface area is 128 Å². The van der Waals surface area contributed by atoms with E-state index in [4.69, 9.17) is 4.74 Å². The van der Waals surface area contributed by atoms with E-state index in [2.05, 4.69) is 36.2 Å². The van der Waals surface area contributed by atoms with Crippen LogP contribution in [0.4, 0.5) is 0 Å². The minimum Gasteiger partial charge on any atom is -0.493 e. The third-order valence-corrected chi connectivity index (χ3v) is 4.10. The zero-order valence-corrected chi connectivity index (χ0v) is 12.8. The smallest absolute Gasteiger partial charge is 0.126 e. The second-order valence-corrected chi connectivity index (χ2v) is 5.80. The molecular formula is C18H17NOS. The Bertz CT molecular complexity index is 728. The molecule has 0 aliphatic carbocycles. The van der Waals surface area contributed by atoms with Crippen molar-refractivity contribution in [1.82, 2.24) is 4.98 Å². The van der Waals surface area contributed by atoms with E-state index in [1.807, 2.05) is 36.4 Å². The van der Waals surface area contributed by atoms with Crippen LogP contribution in [0.5, 0.6) is 5.75 Å². The maximum absolute atomic E-state index is 5.77. The van der Waals surface area contributed by atoms with Gasteiger partial charge >= 0.3 is 0 Å². The fraction of sp³-hybridized carbons (Fsp3) is 0.167. The largest absolute Gasteiger partial charge is 0.493 e. The number of hydrogen-bond donors (Lipinski definition) is 0. The molecule has 0 atom stereocenters. The Morgan fingerprint density at radius 1 is 1.05 bits per heavy atom. The lowest BCUT2D eigenvalue weighted by Crippen LogP contribution is -1.96. The lowest BCUT2D eigenvalue weighted by molar-refractivity contribution is 0.317. The van der Waals surface area contributed by atoms with Crippen LogP contribution in [0.2, 0.25) is 0 Å². The van der Waals surface area contributed by atoms with E-state index in [0.717, 1.165) is 34.9 Å². The van der Waals surface area contributed by atoms with Crippen LogP contribution in [0.1, 0.15) is 23.9 Å². The molecule has 0 radical (unpaired) electrons. The predicted octanol–water partition coefficient (Wildman–Crippen LogP) is 5.26. The quantitative estimate of drug-likeness (QED) is 0.641. The SMILES string of the molecule is CCCOc1ccccc1C=Cc1nc2ccccc2s1. The Balaban J connectivity index is 1.85. The number of para-hydroxylation sites is 2. The first-order valence-corrected chi connectivity index (χ1v) is 7.94. The molecule has 0 unspecified atom stereocenters. The van der Waals surface area contributed by atoms with Crippen LogP contribution in [0.15, 0.2) is 48.5 Å². The van der Waals surface area contributed by atoms with Crippen LogP contribution in [-0.4, -0.2) is 11.6 Å². The van der Waals surface area contributed by atoms with E-state index in [-0.39, 0.29) is 0 Å². The number of fused-ring (bicyclic) bond motifs is 1. The standard InChI is InChI=1S/C18H17NOS/c1-2-13-20-16-9-5-3-7-14(16)11-12-18-19-15-8-4-6-10-17(15)21-18/h3-12H,2,13H2,1H3. The molecule has 21 heavy (non-hydrogen) atoms. The molecule has 106 valence electrons. The van der Waals surface area contributed by atoms with Crippen LogP contribution in [0.3, 0.4) is 0 Å². The van der Waals surface area contributed by atoms with Crippen molar-refractivity contribution in [2.24, 2.45) is 0 Å². The van der Waals surface area contributed by atoms with E-state index in [1.54, 1.807) is 11.3 Å². The van der Waals surface area contributed by atoms with Gasteiger partial charge in [-0.05, 0) is 36.8 Å². The second kappa shape index (κ2) is 6.55. The summed E-state index contributed by atoms with van der Waals surface area (Å²) in [5, 5.41) is 1.02. The van der Waals surface area contributed by atoms with Gasteiger partial charge in [0.05, 0.1) is 16.8 Å². The fourth-order valence-corrected chi connectivity index (χ4v) is 2.95. The molecule has 3 rings (SSSR count). The minimum atomic E-state index is 0.742. The van der Waals surface area contributed by atoms with E-state index in [0.29, 0.717) is 0 Å². The molecule has 0 N–H and O–H groups in total. The zero-order chi connectivity index (χ0) is 14.5. The number of hydrogen-bond acceptors (Lipinski definition) is 3. The molecule has 2 aromatic carbocycles. The molecular weight excluding hydrogens is 278 g/mol. The maximum atomic E-state index is 5.77. The van der Waals surface area contributed by atoms with Gasteiger partial charge in [-0.1, -0.05) is 37.3 Å². The van der Waals surface area contributed by atoms with Gasteiger partial charge in [-0.15, -0.1) is 11.3 Å². The average Bonchev–Trinajstić information content (AvgIpc) is 2.94. The summed E-state index contributed by atoms with van der Waals surface area (Å²) in [5.74, 6) is 0.928. The Hall–Kier alpha value is -2.13. The van der Waals surface area contributed by atoms with Crippen LogP contribution >= 0.6 is 11.3 Å². The number of rotatable bonds is 5.